The van der Waals surface area contributed by atoms with Gasteiger partial charge in [-0.15, -0.1) is 0 Å². The summed E-state index contributed by atoms with van der Waals surface area (Å²) in [4.78, 5) is 31.7. The van der Waals surface area contributed by atoms with Crippen LogP contribution in [0.2, 0.25) is 0 Å². The van der Waals surface area contributed by atoms with Crippen LogP contribution in [0.15, 0.2) is 63.8 Å². The highest BCUT2D eigenvalue weighted by molar-refractivity contribution is 5.85. The van der Waals surface area contributed by atoms with Crippen molar-refractivity contribution in [2.45, 2.75) is 13.5 Å². The largest absolute Gasteiger partial charge is 0.468 e. The number of nitrogens with one attached hydrogen (secondary N) is 1. The van der Waals surface area contributed by atoms with Gasteiger partial charge in [-0.3, -0.25) is 19.7 Å². The van der Waals surface area contributed by atoms with Gasteiger partial charge < -0.3 is 14.5 Å². The topological polar surface area (TPSA) is 112 Å². The smallest absolute Gasteiger partial charge is 0.312 e. The zero-order valence-corrected chi connectivity index (χ0v) is 14.6. The quantitative estimate of drug-likeness (QED) is 0.401. The van der Waals surface area contributed by atoms with Crippen LogP contribution in [0.5, 0.6) is 0 Å². The van der Waals surface area contributed by atoms with E-state index in [2.05, 4.69) is 10.1 Å². The predicted octanol–water partition coefficient (Wildman–Crippen LogP) is 3.49. The van der Waals surface area contributed by atoms with Crippen molar-refractivity contribution in [3.63, 3.8) is 0 Å². The van der Waals surface area contributed by atoms with Crippen LogP contribution < -0.4 is 10.7 Å². The number of anilines is 1. The minimum Gasteiger partial charge on any atom is -0.468 e. The lowest BCUT2D eigenvalue weighted by Crippen LogP contribution is -2.06. The maximum absolute atomic E-state index is 12.1. The summed E-state index contributed by atoms with van der Waals surface area (Å²) in [5.41, 5.74) is 0.446. The molecule has 0 aliphatic heterocycles. The van der Waals surface area contributed by atoms with E-state index < -0.39 is 4.92 Å². The number of para-hydroxylation sites is 1. The Labute approximate surface area is 154 Å². The van der Waals surface area contributed by atoms with Gasteiger partial charge >= 0.3 is 5.69 Å². The van der Waals surface area contributed by atoms with Gasteiger partial charge in [-0.05, 0) is 18.6 Å². The maximum Gasteiger partial charge on any atom is 0.312 e. The van der Waals surface area contributed by atoms with Crippen LogP contribution >= 0.6 is 0 Å². The first-order valence-corrected chi connectivity index (χ1v) is 8.11. The molecule has 2 aromatic carbocycles. The summed E-state index contributed by atoms with van der Waals surface area (Å²) in [5, 5.41) is 14.2. The number of benzene rings is 2. The Bertz CT molecular complexity index is 969. The number of ether oxygens (including phenoxy) is 1. The van der Waals surface area contributed by atoms with Crippen molar-refractivity contribution in [3.05, 3.63) is 80.5 Å². The molecule has 1 heterocycles. The first kappa shape index (κ1) is 19.6. The van der Waals surface area contributed by atoms with Gasteiger partial charge in [0.15, 0.2) is 11.3 Å². The van der Waals surface area contributed by atoms with Crippen LogP contribution in [0.1, 0.15) is 12.5 Å². The summed E-state index contributed by atoms with van der Waals surface area (Å²) in [6.07, 6.45) is 0. The minimum atomic E-state index is -0.563. The van der Waals surface area contributed by atoms with E-state index >= 15 is 0 Å². The normalized spacial score (nSPS) is 9.81. The number of rotatable bonds is 6. The molecule has 0 atom stereocenters. The van der Waals surface area contributed by atoms with E-state index in [1.807, 2.05) is 30.3 Å². The monoisotopic (exact) mass is 370 g/mol. The number of nitrogens with zero attached hydrogens (tertiary/aromatic N) is 1. The molecule has 1 N–H and O–H groups in total. The van der Waals surface area contributed by atoms with E-state index in [1.165, 1.54) is 24.3 Å². The molecule has 0 fully saturated rings. The standard InChI is InChI=1S/C16H12N2O4.C3H6O2/c19-14-9-15(17-10-11-5-2-1-3-6-11)22-16-12(14)7-4-8-13(16)18(20)21;1-2-5-3-4/h1-9,17H,10H2;3H,2H2,1H3. The molecule has 0 saturated heterocycles. The van der Waals surface area contributed by atoms with E-state index in [1.54, 1.807) is 6.92 Å². The minimum absolute atomic E-state index is 0.0180. The van der Waals surface area contributed by atoms with Crippen molar-refractivity contribution >= 4 is 29.0 Å². The molecule has 0 spiro atoms. The zero-order chi connectivity index (χ0) is 19.6. The predicted molar refractivity (Wildman–Crippen MR) is 101 cm³/mol. The molecular formula is C19H18N2O6. The van der Waals surface area contributed by atoms with Gasteiger partial charge in [-0.1, -0.05) is 36.4 Å². The van der Waals surface area contributed by atoms with E-state index in [0.717, 1.165) is 5.56 Å². The first-order valence-electron chi connectivity index (χ1n) is 8.11. The summed E-state index contributed by atoms with van der Waals surface area (Å²) >= 11 is 0. The number of hydrogen-bond acceptors (Lipinski definition) is 7. The summed E-state index contributed by atoms with van der Waals surface area (Å²) < 4.78 is 9.66. The summed E-state index contributed by atoms with van der Waals surface area (Å²) in [6.45, 7) is 3.12. The van der Waals surface area contributed by atoms with E-state index in [-0.39, 0.29) is 28.0 Å². The summed E-state index contributed by atoms with van der Waals surface area (Å²) in [5.74, 6) is 0.204. The fourth-order valence-electron chi connectivity index (χ4n) is 2.25. The molecule has 0 saturated carbocycles. The Kier molecular flexibility index (Phi) is 7.07. The molecule has 0 aliphatic carbocycles. The number of non-ortho nitro benzene ring substituents is 1. The zero-order valence-electron chi connectivity index (χ0n) is 14.6. The van der Waals surface area contributed by atoms with Crippen molar-refractivity contribution in [3.8, 4) is 0 Å². The molecule has 3 rings (SSSR count). The van der Waals surface area contributed by atoms with Crippen molar-refractivity contribution in [2.24, 2.45) is 0 Å². The second-order valence-corrected chi connectivity index (χ2v) is 5.28. The van der Waals surface area contributed by atoms with Crippen LogP contribution in [0.4, 0.5) is 11.6 Å². The van der Waals surface area contributed by atoms with Gasteiger partial charge in [-0.2, -0.15) is 0 Å². The third-order valence-corrected chi connectivity index (χ3v) is 3.47. The lowest BCUT2D eigenvalue weighted by atomic mass is 10.2. The van der Waals surface area contributed by atoms with Crippen molar-refractivity contribution in [1.82, 2.24) is 0 Å². The fraction of sp³-hybridized carbons (Fsp3) is 0.158. The van der Waals surface area contributed by atoms with Gasteiger partial charge in [0.1, 0.15) is 0 Å². The second-order valence-electron chi connectivity index (χ2n) is 5.28. The average molecular weight is 370 g/mol. The summed E-state index contributed by atoms with van der Waals surface area (Å²) in [6, 6.07) is 15.1. The van der Waals surface area contributed by atoms with Crippen LogP contribution in [0.25, 0.3) is 11.0 Å². The molecule has 0 radical (unpaired) electrons. The van der Waals surface area contributed by atoms with E-state index in [0.29, 0.717) is 19.6 Å². The molecule has 0 amide bonds. The number of fused-ring (bicyclic) bond motifs is 1. The molecule has 0 aliphatic rings. The Morgan fingerprint density at radius 1 is 1.19 bits per heavy atom. The highest BCUT2D eigenvalue weighted by Gasteiger charge is 2.16. The highest BCUT2D eigenvalue weighted by atomic mass is 16.6. The molecule has 0 bridgehead atoms. The second kappa shape index (κ2) is 9.71. The van der Waals surface area contributed by atoms with Gasteiger partial charge in [0.2, 0.25) is 5.58 Å². The maximum atomic E-state index is 12.1. The van der Waals surface area contributed by atoms with Gasteiger partial charge in [0.25, 0.3) is 6.47 Å². The van der Waals surface area contributed by atoms with Gasteiger partial charge in [0.05, 0.1) is 16.9 Å². The third kappa shape index (κ3) is 5.40. The van der Waals surface area contributed by atoms with Gasteiger partial charge in [0, 0.05) is 18.7 Å². The lowest BCUT2D eigenvalue weighted by molar-refractivity contribution is -0.383. The summed E-state index contributed by atoms with van der Waals surface area (Å²) in [7, 11) is 0. The van der Waals surface area contributed by atoms with Gasteiger partial charge in [-0.25, -0.2) is 0 Å². The number of nitro groups is 1. The van der Waals surface area contributed by atoms with Crippen molar-refractivity contribution < 1.29 is 18.9 Å². The number of carbonyl (C=O) groups is 1. The molecule has 8 nitrogen and oxygen atoms in total. The van der Waals surface area contributed by atoms with Crippen LogP contribution in [-0.4, -0.2) is 18.0 Å². The molecule has 3 aromatic rings. The highest BCUT2D eigenvalue weighted by Crippen LogP contribution is 2.25. The van der Waals surface area contributed by atoms with Crippen molar-refractivity contribution in [1.29, 1.82) is 0 Å². The Morgan fingerprint density at radius 3 is 2.52 bits per heavy atom. The molecule has 140 valence electrons. The molecule has 8 heteroatoms. The molecule has 27 heavy (non-hydrogen) atoms. The van der Waals surface area contributed by atoms with Crippen LogP contribution in [-0.2, 0) is 16.1 Å². The number of hydrogen-bond donors (Lipinski definition) is 1. The van der Waals surface area contributed by atoms with E-state index in [4.69, 9.17) is 4.42 Å². The lowest BCUT2D eigenvalue weighted by Gasteiger charge is -2.06. The Balaban J connectivity index is 0.000000465. The molecule has 0 unspecified atom stereocenters. The Hall–Kier alpha value is -3.68. The average Bonchev–Trinajstić information content (AvgIpc) is 2.68. The van der Waals surface area contributed by atoms with Crippen LogP contribution in [0, 0.1) is 10.1 Å². The first-order chi connectivity index (χ1) is 13.1. The van der Waals surface area contributed by atoms with E-state index in [9.17, 15) is 19.7 Å². The van der Waals surface area contributed by atoms with Crippen molar-refractivity contribution in [2.75, 3.05) is 11.9 Å². The Morgan fingerprint density at radius 2 is 1.93 bits per heavy atom. The van der Waals surface area contributed by atoms with Crippen LogP contribution in [0.3, 0.4) is 0 Å². The number of nitro benzene ring substituents is 1. The number of carbonyl (C=O) groups excluding carboxylic acids is 1. The molecular weight excluding hydrogens is 352 g/mol. The third-order valence-electron chi connectivity index (χ3n) is 3.47. The molecule has 1 aromatic heterocycles. The SMILES string of the molecule is CCOC=O.O=c1cc(NCc2ccccc2)oc2c([N+](=O)[O-])cccc12. The fourth-order valence-corrected chi connectivity index (χ4v) is 2.25.